The molecule has 0 spiro atoms. The molecule has 3 aromatic rings. The lowest BCUT2D eigenvalue weighted by Gasteiger charge is -2.10. The molecule has 1 aliphatic heterocycles. The maximum absolute atomic E-state index is 12.6. The molecule has 3 aromatic carbocycles. The largest absolute Gasteiger partial charge is 0.623 e. The van der Waals surface area contributed by atoms with Gasteiger partial charge in [-0.3, -0.25) is 0 Å². The maximum atomic E-state index is 12.6. The monoisotopic (exact) mass is 487 g/mol. The first-order valence-electron chi connectivity index (χ1n) is 9.72. The van der Waals surface area contributed by atoms with Crippen molar-refractivity contribution in [1.82, 2.24) is 5.32 Å². The van der Waals surface area contributed by atoms with Gasteiger partial charge in [0.2, 0.25) is 12.3 Å². The van der Waals surface area contributed by atoms with Gasteiger partial charge in [0.1, 0.15) is 5.75 Å². The molecule has 2 N–H and O–H groups in total. The van der Waals surface area contributed by atoms with Crippen molar-refractivity contribution in [3.63, 3.8) is 0 Å². The van der Waals surface area contributed by atoms with Gasteiger partial charge in [-0.15, -0.1) is 12.4 Å². The summed E-state index contributed by atoms with van der Waals surface area (Å²) in [6, 6.07) is 20.8. The first-order chi connectivity index (χ1) is 15.4. The molecule has 0 saturated heterocycles. The molecule has 0 unspecified atom stereocenters. The molecule has 9 heteroatoms. The molecule has 172 valence electrons. The van der Waals surface area contributed by atoms with Crippen LogP contribution in [0.25, 0.3) is 0 Å². The number of methoxy groups -OCH3 is 1. The molecule has 0 saturated carbocycles. The summed E-state index contributed by atoms with van der Waals surface area (Å²) in [5.41, 5.74) is 3.35. The quantitative estimate of drug-likeness (QED) is 0.314. The number of nitrogens with zero attached hydrogens (tertiary/aromatic N) is 2. The lowest BCUT2D eigenvalue weighted by molar-refractivity contribution is -0.439. The summed E-state index contributed by atoms with van der Waals surface area (Å²) in [5.74, 6) is 0.363. The smallest absolute Gasteiger partial charge is 0.337 e. The van der Waals surface area contributed by atoms with Crippen LogP contribution in [-0.2, 0) is 4.74 Å². The van der Waals surface area contributed by atoms with Crippen LogP contribution in [0.1, 0.15) is 21.5 Å². The zero-order valence-corrected chi connectivity index (χ0v) is 19.6. The van der Waals surface area contributed by atoms with Gasteiger partial charge in [-0.05, 0) is 54.6 Å². The molecule has 33 heavy (non-hydrogen) atoms. The maximum Gasteiger partial charge on any atom is 0.337 e. The average Bonchev–Trinajstić information content (AvgIpc) is 2.95. The third kappa shape index (κ3) is 6.47. The highest BCUT2D eigenvalue weighted by Crippen LogP contribution is 2.28. The van der Waals surface area contributed by atoms with E-state index in [-0.39, 0.29) is 24.7 Å². The highest BCUT2D eigenvalue weighted by Gasteiger charge is 2.24. The second-order valence-corrected chi connectivity index (χ2v) is 7.20. The number of esters is 1. The highest BCUT2D eigenvalue weighted by atomic mass is 35.5. The van der Waals surface area contributed by atoms with Crippen molar-refractivity contribution in [2.75, 3.05) is 20.7 Å². The van der Waals surface area contributed by atoms with Crippen molar-refractivity contribution in [1.29, 1.82) is 0 Å². The standard InChI is InChI=1S/C16H14ClN3O.C8H8O3.ClH/c1-18-15-10-20(21)16(11-5-3-2-4-6-11)13-9-12(17)7-8-14(13)19-15;1-11-8(10)6-2-4-7(9)5-3-6;/h2-9H,10H2,1H3,(H,18,19);2-5,9H,1H3;1H. The molecule has 0 atom stereocenters. The Labute approximate surface area is 203 Å². The molecule has 0 fully saturated rings. The lowest BCUT2D eigenvalue weighted by Crippen LogP contribution is -2.29. The van der Waals surface area contributed by atoms with E-state index in [4.69, 9.17) is 16.7 Å². The van der Waals surface area contributed by atoms with Crippen LogP contribution < -0.4 is 5.32 Å². The van der Waals surface area contributed by atoms with Crippen LogP contribution in [0.5, 0.6) is 5.75 Å². The molecule has 1 aliphatic rings. The van der Waals surface area contributed by atoms with Crippen molar-refractivity contribution in [3.8, 4) is 5.75 Å². The van der Waals surface area contributed by atoms with Crippen molar-refractivity contribution in [2.24, 2.45) is 4.99 Å². The molecule has 0 aromatic heterocycles. The van der Waals surface area contributed by atoms with Gasteiger partial charge in [-0.2, -0.15) is 4.74 Å². The van der Waals surface area contributed by atoms with E-state index in [9.17, 15) is 10.0 Å². The Morgan fingerprint density at radius 2 is 1.79 bits per heavy atom. The van der Waals surface area contributed by atoms with Crippen molar-refractivity contribution < 1.29 is 19.4 Å². The van der Waals surface area contributed by atoms with Gasteiger partial charge in [0.15, 0.2) is 5.84 Å². The number of fused-ring (bicyclic) bond motifs is 1. The van der Waals surface area contributed by atoms with Crippen LogP contribution >= 0.6 is 24.0 Å². The number of rotatable bonds is 2. The Morgan fingerprint density at radius 3 is 2.39 bits per heavy atom. The van der Waals surface area contributed by atoms with E-state index in [1.54, 1.807) is 19.2 Å². The number of ether oxygens (including phenoxy) is 1. The van der Waals surface area contributed by atoms with Gasteiger partial charge in [0, 0.05) is 17.6 Å². The number of aromatic hydroxyl groups is 1. The molecular weight excluding hydrogens is 465 g/mol. The van der Waals surface area contributed by atoms with Crippen LogP contribution in [0.2, 0.25) is 5.02 Å². The molecule has 7 nitrogen and oxygen atoms in total. The second kappa shape index (κ2) is 11.9. The van der Waals surface area contributed by atoms with E-state index in [2.05, 4.69) is 15.0 Å². The fourth-order valence-electron chi connectivity index (χ4n) is 3.07. The molecule has 1 heterocycles. The first-order valence-corrected chi connectivity index (χ1v) is 10.1. The Bertz CT molecular complexity index is 1160. The Hall–Kier alpha value is -3.55. The van der Waals surface area contributed by atoms with E-state index in [0.29, 0.717) is 22.1 Å². The van der Waals surface area contributed by atoms with Crippen LogP contribution in [0.4, 0.5) is 5.69 Å². The average molecular weight is 488 g/mol. The third-order valence-electron chi connectivity index (χ3n) is 4.64. The number of hydroxylamine groups is 1. The Balaban J connectivity index is 0.000000274. The summed E-state index contributed by atoms with van der Waals surface area (Å²) in [6.07, 6.45) is 0. The van der Waals surface area contributed by atoms with Crippen LogP contribution in [0.15, 0.2) is 77.8 Å². The number of nitrogens with one attached hydrogen (secondary N) is 1. The fourth-order valence-corrected chi connectivity index (χ4v) is 3.24. The zero-order valence-electron chi connectivity index (χ0n) is 18.0. The van der Waals surface area contributed by atoms with Crippen LogP contribution in [-0.4, -0.2) is 48.1 Å². The number of phenolic OH excluding ortho intramolecular Hbond substituents is 1. The van der Waals surface area contributed by atoms with E-state index in [1.165, 1.54) is 31.4 Å². The third-order valence-corrected chi connectivity index (χ3v) is 4.87. The van der Waals surface area contributed by atoms with Crippen LogP contribution in [0.3, 0.4) is 0 Å². The lowest BCUT2D eigenvalue weighted by atomic mass is 10.0. The second-order valence-electron chi connectivity index (χ2n) is 6.76. The van der Waals surface area contributed by atoms with Gasteiger partial charge in [0.05, 0.1) is 23.9 Å². The SMILES string of the molecule is CNC1=Nc2ccc(Cl)cc2C(c2ccccc2)=[N+]([O-])C1.COC(=O)c1ccc(O)cc1.Cl. The van der Waals surface area contributed by atoms with Crippen molar-refractivity contribution in [3.05, 3.63) is 99.7 Å². The predicted molar refractivity (Wildman–Crippen MR) is 132 cm³/mol. The summed E-state index contributed by atoms with van der Waals surface area (Å²) in [4.78, 5) is 15.3. The number of benzene rings is 3. The van der Waals surface area contributed by atoms with Gasteiger partial charge in [-0.25, -0.2) is 9.79 Å². The Morgan fingerprint density at radius 1 is 1.12 bits per heavy atom. The number of likely N-dealkylation sites (N-methyl/N-ethyl adjacent to an activating group) is 1. The van der Waals surface area contributed by atoms with Gasteiger partial charge in [0.25, 0.3) is 0 Å². The van der Waals surface area contributed by atoms with Crippen LogP contribution in [0, 0.1) is 5.21 Å². The molecular formula is C24H23Cl2N3O4. The number of aliphatic imine (C=N–C) groups is 1. The first kappa shape index (κ1) is 25.7. The molecule has 0 bridgehead atoms. The van der Waals surface area contributed by atoms with Gasteiger partial charge < -0.3 is 20.4 Å². The highest BCUT2D eigenvalue weighted by molar-refractivity contribution is 6.31. The topological polar surface area (TPSA) is 97.0 Å². The number of carbonyl (C=O) groups is 1. The summed E-state index contributed by atoms with van der Waals surface area (Å²) in [6.45, 7) is 0.174. The molecule has 0 amide bonds. The molecule has 0 radical (unpaired) electrons. The number of phenols is 1. The zero-order chi connectivity index (χ0) is 23.1. The fraction of sp³-hybridized carbons (Fsp3) is 0.125. The van der Waals surface area contributed by atoms with Gasteiger partial charge >= 0.3 is 5.97 Å². The molecule has 0 aliphatic carbocycles. The van der Waals surface area contributed by atoms with Crippen molar-refractivity contribution >= 4 is 47.2 Å². The minimum absolute atomic E-state index is 0. The normalized spacial score (nSPS) is 12.2. The summed E-state index contributed by atoms with van der Waals surface area (Å²) in [5, 5.41) is 25.0. The minimum Gasteiger partial charge on any atom is -0.623 e. The number of hydrogen-bond donors (Lipinski definition) is 2. The number of amidine groups is 1. The van der Waals surface area contributed by atoms with Crippen molar-refractivity contribution in [2.45, 2.75) is 0 Å². The summed E-state index contributed by atoms with van der Waals surface area (Å²) in [7, 11) is 3.07. The van der Waals surface area contributed by atoms with E-state index < -0.39 is 5.97 Å². The van der Waals surface area contributed by atoms with E-state index in [0.717, 1.165) is 21.6 Å². The summed E-state index contributed by atoms with van der Waals surface area (Å²) >= 11 is 6.10. The van der Waals surface area contributed by atoms with Gasteiger partial charge in [-0.1, -0.05) is 29.8 Å². The predicted octanol–water partition coefficient (Wildman–Crippen LogP) is 4.55. The molecule has 4 rings (SSSR count). The number of carbonyl (C=O) groups excluding carboxylic acids is 1. The number of hydrogen-bond acceptors (Lipinski definition) is 6. The Kier molecular flexibility index (Phi) is 9.27. The van der Waals surface area contributed by atoms with E-state index >= 15 is 0 Å². The summed E-state index contributed by atoms with van der Waals surface area (Å²) < 4.78 is 5.41. The minimum atomic E-state index is -0.398. The number of halogens is 2. The van der Waals surface area contributed by atoms with E-state index in [1.807, 2.05) is 36.4 Å².